The van der Waals surface area contributed by atoms with E-state index in [0.717, 1.165) is 16.7 Å². The number of nitrogens with zero attached hydrogens (tertiary/aromatic N) is 1. The fraction of sp³-hybridized carbons (Fsp3) is 0.154. The summed E-state index contributed by atoms with van der Waals surface area (Å²) in [5.41, 5.74) is 4.03. The van der Waals surface area contributed by atoms with Gasteiger partial charge in [-0.25, -0.2) is 0 Å². The smallest absolute Gasteiger partial charge is 0.266 e. The van der Waals surface area contributed by atoms with Gasteiger partial charge in [0.1, 0.15) is 18.2 Å². The highest BCUT2D eigenvalue weighted by molar-refractivity contribution is 9.10. The largest absolute Gasteiger partial charge is 0.493 e. The maximum absolute atomic E-state index is 12.8. The summed E-state index contributed by atoms with van der Waals surface area (Å²) in [5, 5.41) is 13.3. The molecule has 3 aromatic rings. The van der Waals surface area contributed by atoms with Gasteiger partial charge in [0.2, 0.25) is 0 Å². The molecule has 0 aromatic heterocycles. The van der Waals surface area contributed by atoms with Crippen LogP contribution in [0.4, 0.5) is 5.69 Å². The molecule has 0 spiro atoms. The number of anilines is 1. The lowest BCUT2D eigenvalue weighted by Gasteiger charge is -2.14. The van der Waals surface area contributed by atoms with Crippen LogP contribution < -0.4 is 14.8 Å². The monoisotopic (exact) mass is 558 g/mol. The van der Waals surface area contributed by atoms with E-state index in [1.165, 1.54) is 13.2 Å². The standard InChI is InChI=1S/C26H21BrCl2N2O3/c1-15-5-4-6-23(16(15)2)31-26(32)19(13-30)10-18-11-24(33-3)25(12-20(18)27)34-14-17-7-8-21(28)22(29)9-17/h4-12H,14H2,1-3H3,(H,31,32)/b19-10+. The lowest BCUT2D eigenvalue weighted by Crippen LogP contribution is -2.14. The van der Waals surface area contributed by atoms with Gasteiger partial charge in [0.25, 0.3) is 5.91 Å². The van der Waals surface area contributed by atoms with E-state index in [1.807, 2.05) is 38.1 Å². The van der Waals surface area contributed by atoms with Crippen LogP contribution in [-0.2, 0) is 11.4 Å². The summed E-state index contributed by atoms with van der Waals surface area (Å²) in [4.78, 5) is 12.8. The van der Waals surface area contributed by atoms with Crippen LogP contribution in [0.15, 0.2) is 58.6 Å². The van der Waals surface area contributed by atoms with Crippen LogP contribution in [0.2, 0.25) is 10.0 Å². The van der Waals surface area contributed by atoms with E-state index < -0.39 is 5.91 Å². The first-order valence-corrected chi connectivity index (χ1v) is 11.7. The zero-order valence-electron chi connectivity index (χ0n) is 18.7. The molecular formula is C26H21BrCl2N2O3. The Balaban J connectivity index is 1.84. The van der Waals surface area contributed by atoms with Crippen molar-refractivity contribution in [2.75, 3.05) is 12.4 Å². The number of carbonyl (C=O) groups excluding carboxylic acids is 1. The van der Waals surface area contributed by atoms with Crippen molar-refractivity contribution in [1.29, 1.82) is 5.26 Å². The van der Waals surface area contributed by atoms with Crippen molar-refractivity contribution in [3.8, 4) is 17.6 Å². The second kappa shape index (κ2) is 11.4. The topological polar surface area (TPSA) is 71.3 Å². The number of hydrogen-bond donors (Lipinski definition) is 1. The Bertz CT molecular complexity index is 1320. The van der Waals surface area contributed by atoms with Gasteiger partial charge in [0.05, 0.1) is 17.2 Å². The fourth-order valence-corrected chi connectivity index (χ4v) is 3.86. The summed E-state index contributed by atoms with van der Waals surface area (Å²) < 4.78 is 12.0. The summed E-state index contributed by atoms with van der Waals surface area (Å²) in [7, 11) is 1.52. The lowest BCUT2D eigenvalue weighted by atomic mass is 10.1. The summed E-state index contributed by atoms with van der Waals surface area (Å²) in [6, 6.07) is 16.3. The molecule has 0 aliphatic rings. The molecule has 174 valence electrons. The van der Waals surface area contributed by atoms with E-state index in [4.69, 9.17) is 32.7 Å². The molecule has 0 aliphatic carbocycles. The first-order chi connectivity index (χ1) is 16.2. The van der Waals surface area contributed by atoms with Crippen LogP contribution in [0.3, 0.4) is 0 Å². The second-order valence-corrected chi connectivity index (χ2v) is 9.10. The summed E-state index contributed by atoms with van der Waals surface area (Å²) in [5.74, 6) is 0.430. The van der Waals surface area contributed by atoms with Gasteiger partial charge in [0.15, 0.2) is 11.5 Å². The van der Waals surface area contributed by atoms with Crippen LogP contribution in [0.5, 0.6) is 11.5 Å². The molecule has 3 rings (SSSR count). The highest BCUT2D eigenvalue weighted by Gasteiger charge is 2.15. The number of hydrogen-bond acceptors (Lipinski definition) is 4. The number of rotatable bonds is 7. The van der Waals surface area contributed by atoms with Crippen LogP contribution in [0.1, 0.15) is 22.3 Å². The number of methoxy groups -OCH3 is 1. The molecule has 0 atom stereocenters. The molecule has 0 radical (unpaired) electrons. The van der Waals surface area contributed by atoms with Gasteiger partial charge in [-0.15, -0.1) is 0 Å². The van der Waals surface area contributed by atoms with Crippen molar-refractivity contribution in [2.24, 2.45) is 0 Å². The number of halogens is 3. The minimum absolute atomic E-state index is 0.0480. The first kappa shape index (κ1) is 25.6. The lowest BCUT2D eigenvalue weighted by molar-refractivity contribution is -0.112. The number of aryl methyl sites for hydroxylation is 1. The summed E-state index contributed by atoms with van der Waals surface area (Å²) in [6.45, 7) is 4.12. The summed E-state index contributed by atoms with van der Waals surface area (Å²) in [6.07, 6.45) is 1.50. The molecule has 0 saturated heterocycles. The number of carbonyl (C=O) groups is 1. The Morgan fingerprint density at radius 3 is 2.56 bits per heavy atom. The van der Waals surface area contributed by atoms with E-state index in [1.54, 1.807) is 30.3 Å². The summed E-state index contributed by atoms with van der Waals surface area (Å²) >= 11 is 15.5. The third-order valence-electron chi connectivity index (χ3n) is 5.18. The Morgan fingerprint density at radius 1 is 1.12 bits per heavy atom. The van der Waals surface area contributed by atoms with Crippen molar-refractivity contribution in [2.45, 2.75) is 20.5 Å². The average molecular weight is 560 g/mol. The fourth-order valence-electron chi connectivity index (χ4n) is 3.10. The first-order valence-electron chi connectivity index (χ1n) is 10.2. The van der Waals surface area contributed by atoms with Crippen molar-refractivity contribution < 1.29 is 14.3 Å². The SMILES string of the molecule is COc1cc(/C=C(\C#N)C(=O)Nc2cccc(C)c2C)c(Br)cc1OCc1ccc(Cl)c(Cl)c1. The minimum atomic E-state index is -0.498. The molecule has 34 heavy (non-hydrogen) atoms. The normalized spacial score (nSPS) is 11.0. The number of nitrogens with one attached hydrogen (secondary N) is 1. The highest BCUT2D eigenvalue weighted by atomic mass is 79.9. The molecule has 0 unspecified atom stereocenters. The van der Waals surface area contributed by atoms with Crippen LogP contribution >= 0.6 is 39.1 Å². The molecular weight excluding hydrogens is 539 g/mol. The zero-order chi connectivity index (χ0) is 24.8. The highest BCUT2D eigenvalue weighted by Crippen LogP contribution is 2.35. The maximum Gasteiger partial charge on any atom is 0.266 e. The Labute approximate surface area is 217 Å². The Morgan fingerprint density at radius 2 is 1.88 bits per heavy atom. The van der Waals surface area contributed by atoms with Gasteiger partial charge in [-0.1, -0.05) is 57.3 Å². The minimum Gasteiger partial charge on any atom is -0.493 e. The van der Waals surface area contributed by atoms with Gasteiger partial charge in [-0.05, 0) is 72.5 Å². The third-order valence-corrected chi connectivity index (χ3v) is 6.60. The number of ether oxygens (including phenoxy) is 2. The molecule has 3 aromatic carbocycles. The van der Waals surface area contributed by atoms with E-state index in [9.17, 15) is 10.1 Å². The maximum atomic E-state index is 12.8. The van der Waals surface area contributed by atoms with Gasteiger partial charge in [-0.2, -0.15) is 5.26 Å². The van der Waals surface area contributed by atoms with Gasteiger partial charge in [-0.3, -0.25) is 4.79 Å². The molecule has 1 amide bonds. The molecule has 1 N–H and O–H groups in total. The van der Waals surface area contributed by atoms with Crippen LogP contribution in [0.25, 0.3) is 6.08 Å². The number of amides is 1. The quantitative estimate of drug-likeness (QED) is 0.240. The predicted molar refractivity (Wildman–Crippen MR) is 140 cm³/mol. The third kappa shape index (κ3) is 6.12. The molecule has 0 aliphatic heterocycles. The molecule has 8 heteroatoms. The molecule has 0 heterocycles. The molecule has 5 nitrogen and oxygen atoms in total. The molecule has 0 fully saturated rings. The predicted octanol–water partition coefficient (Wildman–Crippen LogP) is 7.51. The molecule has 0 bridgehead atoms. The van der Waals surface area contributed by atoms with Gasteiger partial charge >= 0.3 is 0 Å². The van der Waals surface area contributed by atoms with Crippen LogP contribution in [-0.4, -0.2) is 13.0 Å². The van der Waals surface area contributed by atoms with Crippen molar-refractivity contribution in [3.05, 3.63) is 90.9 Å². The van der Waals surface area contributed by atoms with Crippen molar-refractivity contribution in [3.63, 3.8) is 0 Å². The van der Waals surface area contributed by atoms with Crippen molar-refractivity contribution in [1.82, 2.24) is 0 Å². The van der Waals surface area contributed by atoms with Crippen molar-refractivity contribution >= 4 is 56.8 Å². The van der Waals surface area contributed by atoms with E-state index in [-0.39, 0.29) is 12.2 Å². The van der Waals surface area contributed by atoms with Crippen LogP contribution in [0, 0.1) is 25.2 Å². The van der Waals surface area contributed by atoms with E-state index >= 15 is 0 Å². The zero-order valence-corrected chi connectivity index (χ0v) is 21.8. The van der Waals surface area contributed by atoms with Gasteiger partial charge in [0, 0.05) is 10.2 Å². The van der Waals surface area contributed by atoms with E-state index in [2.05, 4.69) is 21.2 Å². The van der Waals surface area contributed by atoms with Gasteiger partial charge < -0.3 is 14.8 Å². The average Bonchev–Trinajstić information content (AvgIpc) is 2.82. The van der Waals surface area contributed by atoms with E-state index in [0.29, 0.717) is 37.3 Å². The Hall–Kier alpha value is -2.98. The second-order valence-electron chi connectivity index (χ2n) is 7.43. The number of benzene rings is 3. The number of nitriles is 1. The Kier molecular flexibility index (Phi) is 8.62. The molecule has 0 saturated carbocycles.